The molecule has 0 saturated heterocycles. The van der Waals surface area contributed by atoms with Gasteiger partial charge in [0.1, 0.15) is 5.82 Å². The first-order chi connectivity index (χ1) is 19.2. The quantitative estimate of drug-likeness (QED) is 0.263. The van der Waals surface area contributed by atoms with E-state index in [0.717, 1.165) is 16.7 Å². The number of aromatic nitrogens is 4. The number of ether oxygens (including phenoxy) is 2. The van der Waals surface area contributed by atoms with Crippen LogP contribution in [0, 0.1) is 5.82 Å². The lowest BCUT2D eigenvalue weighted by Crippen LogP contribution is -2.22. The molecule has 6 rings (SSSR count). The predicted octanol–water partition coefficient (Wildman–Crippen LogP) is 5.42. The number of hydrogen-bond donors (Lipinski definition) is 1. The number of hydrogen-bond acceptors (Lipinski definition) is 7. The van der Waals surface area contributed by atoms with E-state index in [1.807, 2.05) is 42.5 Å². The zero-order valence-electron chi connectivity index (χ0n) is 20.6. The van der Waals surface area contributed by atoms with Crippen molar-refractivity contribution in [3.8, 4) is 28.6 Å². The molecule has 1 aliphatic heterocycles. The number of nitrogens with zero attached hydrogens (tertiary/aromatic N) is 4. The summed E-state index contributed by atoms with van der Waals surface area (Å²) in [5.74, 6) is 1.93. The number of benzene rings is 3. The largest absolute Gasteiger partial charge is 0.454 e. The molecule has 3 heterocycles. The van der Waals surface area contributed by atoms with Crippen LogP contribution in [0.15, 0.2) is 96.4 Å². The number of fused-ring (bicyclic) bond motifs is 1. The first-order valence-corrected chi connectivity index (χ1v) is 13.1. The zero-order valence-corrected chi connectivity index (χ0v) is 21.4. The molecule has 1 amide bonds. The van der Waals surface area contributed by atoms with Crippen molar-refractivity contribution in [3.05, 3.63) is 114 Å². The summed E-state index contributed by atoms with van der Waals surface area (Å²) in [6, 6.07) is 23.1. The lowest BCUT2D eigenvalue weighted by molar-refractivity contribution is 0.0951. The van der Waals surface area contributed by atoms with Crippen LogP contribution in [-0.4, -0.2) is 32.4 Å². The maximum atomic E-state index is 14.8. The standard InChI is InChI=1S/C29H22FN5O3S/c30-23-3-1-2-4-24(23)35-27(21-11-13-31-14-12-21)33-34-29(35)39-17-19-5-8-22(9-6-19)28(36)32-16-20-7-10-25-26(15-20)38-18-37-25/h1-15H,16-18H2,(H,32,36). The molecule has 0 spiro atoms. The van der Waals surface area contributed by atoms with Gasteiger partial charge in [-0.15, -0.1) is 10.2 Å². The van der Waals surface area contributed by atoms with Crippen LogP contribution in [0.25, 0.3) is 17.1 Å². The van der Waals surface area contributed by atoms with Crippen molar-refractivity contribution in [2.45, 2.75) is 17.5 Å². The van der Waals surface area contributed by atoms with E-state index in [9.17, 15) is 9.18 Å². The number of halogens is 1. The summed E-state index contributed by atoms with van der Waals surface area (Å²) < 4.78 is 27.2. The van der Waals surface area contributed by atoms with E-state index >= 15 is 0 Å². The van der Waals surface area contributed by atoms with E-state index in [1.54, 1.807) is 47.3 Å². The molecule has 2 aromatic heterocycles. The van der Waals surface area contributed by atoms with Gasteiger partial charge in [-0.05, 0) is 59.7 Å². The second-order valence-corrected chi connectivity index (χ2v) is 9.63. The van der Waals surface area contributed by atoms with Crippen LogP contribution in [0.2, 0.25) is 0 Å². The lowest BCUT2D eigenvalue weighted by Gasteiger charge is -2.11. The van der Waals surface area contributed by atoms with Crippen LogP contribution < -0.4 is 14.8 Å². The molecule has 8 nitrogen and oxygen atoms in total. The number of thioether (sulfide) groups is 1. The van der Waals surface area contributed by atoms with Crippen molar-refractivity contribution >= 4 is 17.7 Å². The molecule has 3 aromatic carbocycles. The van der Waals surface area contributed by atoms with Crippen molar-refractivity contribution in [2.75, 3.05) is 6.79 Å². The molecule has 0 bridgehead atoms. The van der Waals surface area contributed by atoms with E-state index in [2.05, 4.69) is 20.5 Å². The number of rotatable bonds is 8. The van der Waals surface area contributed by atoms with E-state index in [4.69, 9.17) is 9.47 Å². The first kappa shape index (κ1) is 24.6. The molecule has 0 radical (unpaired) electrons. The Morgan fingerprint density at radius 1 is 0.923 bits per heavy atom. The number of para-hydroxylation sites is 1. The highest BCUT2D eigenvalue weighted by Gasteiger charge is 2.19. The van der Waals surface area contributed by atoms with Gasteiger partial charge in [0.15, 0.2) is 22.5 Å². The molecule has 194 valence electrons. The van der Waals surface area contributed by atoms with E-state index in [-0.39, 0.29) is 18.5 Å². The van der Waals surface area contributed by atoms with Gasteiger partial charge in [-0.25, -0.2) is 4.39 Å². The van der Waals surface area contributed by atoms with Crippen LogP contribution in [0.1, 0.15) is 21.5 Å². The van der Waals surface area contributed by atoms with Gasteiger partial charge >= 0.3 is 0 Å². The second-order valence-electron chi connectivity index (χ2n) is 8.68. The molecule has 10 heteroatoms. The summed E-state index contributed by atoms with van der Waals surface area (Å²) in [4.78, 5) is 16.7. The van der Waals surface area contributed by atoms with Gasteiger partial charge in [-0.1, -0.05) is 42.1 Å². The summed E-state index contributed by atoms with van der Waals surface area (Å²) >= 11 is 1.44. The molecular weight excluding hydrogens is 517 g/mol. The third-order valence-electron chi connectivity index (χ3n) is 6.14. The number of nitrogens with one attached hydrogen (secondary N) is 1. The first-order valence-electron chi connectivity index (χ1n) is 12.1. The smallest absolute Gasteiger partial charge is 0.251 e. The van der Waals surface area contributed by atoms with Gasteiger partial charge in [0, 0.05) is 35.8 Å². The molecule has 1 N–H and O–H groups in total. The SMILES string of the molecule is O=C(NCc1ccc2c(c1)OCO2)c1ccc(CSc2nnc(-c3ccncc3)n2-c2ccccc2F)cc1. The Morgan fingerprint density at radius 3 is 2.51 bits per heavy atom. The lowest BCUT2D eigenvalue weighted by atomic mass is 10.1. The summed E-state index contributed by atoms with van der Waals surface area (Å²) in [6.07, 6.45) is 3.32. The average Bonchev–Trinajstić information content (AvgIpc) is 3.63. The van der Waals surface area contributed by atoms with E-state index < -0.39 is 0 Å². The fourth-order valence-corrected chi connectivity index (χ4v) is 5.04. The normalized spacial score (nSPS) is 11.9. The molecule has 0 aliphatic carbocycles. The maximum Gasteiger partial charge on any atom is 0.251 e. The molecule has 0 atom stereocenters. The molecule has 5 aromatic rings. The molecular formula is C29H22FN5O3S. The number of carbonyl (C=O) groups is 1. The molecule has 1 aliphatic rings. The van der Waals surface area contributed by atoms with Gasteiger partial charge in [0.2, 0.25) is 6.79 Å². The fourth-order valence-electron chi connectivity index (χ4n) is 4.14. The summed E-state index contributed by atoms with van der Waals surface area (Å²) in [5, 5.41) is 12.2. The van der Waals surface area contributed by atoms with Crippen molar-refractivity contribution in [1.29, 1.82) is 0 Å². The van der Waals surface area contributed by atoms with Crippen molar-refractivity contribution in [2.24, 2.45) is 0 Å². The van der Waals surface area contributed by atoms with Crippen molar-refractivity contribution in [1.82, 2.24) is 25.1 Å². The molecule has 39 heavy (non-hydrogen) atoms. The Balaban J connectivity index is 1.14. The van der Waals surface area contributed by atoms with Crippen LogP contribution in [0.5, 0.6) is 11.5 Å². The van der Waals surface area contributed by atoms with Gasteiger partial charge in [-0.3, -0.25) is 14.3 Å². The van der Waals surface area contributed by atoms with Gasteiger partial charge in [0.05, 0.1) is 5.69 Å². The number of carbonyl (C=O) groups excluding carboxylic acids is 1. The van der Waals surface area contributed by atoms with Crippen LogP contribution >= 0.6 is 11.8 Å². The summed E-state index contributed by atoms with van der Waals surface area (Å²) in [5.41, 5.74) is 3.61. The Hall–Kier alpha value is -4.70. The highest BCUT2D eigenvalue weighted by Crippen LogP contribution is 2.33. The minimum Gasteiger partial charge on any atom is -0.454 e. The van der Waals surface area contributed by atoms with Crippen LogP contribution in [0.4, 0.5) is 4.39 Å². The Labute approximate surface area is 227 Å². The van der Waals surface area contributed by atoms with Gasteiger partial charge in [-0.2, -0.15) is 0 Å². The number of pyridine rings is 1. The van der Waals surface area contributed by atoms with Gasteiger partial charge in [0.25, 0.3) is 5.91 Å². The monoisotopic (exact) mass is 539 g/mol. The Bertz CT molecular complexity index is 1630. The molecule has 0 fully saturated rings. The minimum absolute atomic E-state index is 0.173. The van der Waals surface area contributed by atoms with Crippen LogP contribution in [-0.2, 0) is 12.3 Å². The van der Waals surface area contributed by atoms with E-state index in [0.29, 0.717) is 46.0 Å². The molecule has 0 saturated carbocycles. The highest BCUT2D eigenvalue weighted by atomic mass is 32.2. The highest BCUT2D eigenvalue weighted by molar-refractivity contribution is 7.98. The maximum absolute atomic E-state index is 14.8. The topological polar surface area (TPSA) is 91.2 Å². The van der Waals surface area contributed by atoms with Gasteiger partial charge < -0.3 is 14.8 Å². The fraction of sp³-hybridized carbons (Fsp3) is 0.103. The van der Waals surface area contributed by atoms with E-state index in [1.165, 1.54) is 17.8 Å². The summed E-state index contributed by atoms with van der Waals surface area (Å²) in [7, 11) is 0. The zero-order chi connectivity index (χ0) is 26.6. The Kier molecular flexibility index (Phi) is 6.92. The number of amides is 1. The minimum atomic E-state index is -0.370. The second kappa shape index (κ2) is 11.0. The average molecular weight is 540 g/mol. The van der Waals surface area contributed by atoms with Crippen LogP contribution in [0.3, 0.4) is 0 Å². The van der Waals surface area contributed by atoms with Crippen molar-refractivity contribution in [3.63, 3.8) is 0 Å². The molecule has 0 unspecified atom stereocenters. The Morgan fingerprint density at radius 2 is 1.69 bits per heavy atom. The predicted molar refractivity (Wildman–Crippen MR) is 144 cm³/mol. The summed E-state index contributed by atoms with van der Waals surface area (Å²) in [6.45, 7) is 0.585. The third kappa shape index (κ3) is 5.32. The van der Waals surface area contributed by atoms with Crippen molar-refractivity contribution < 1.29 is 18.7 Å². The third-order valence-corrected chi connectivity index (χ3v) is 7.14.